The molecular weight excluding hydrogens is 493 g/mol. The van der Waals surface area contributed by atoms with Crippen molar-refractivity contribution in [3.05, 3.63) is 30.1 Å². The first-order valence-electron chi connectivity index (χ1n) is 12.6. The van der Waals surface area contributed by atoms with Crippen LogP contribution in [0.3, 0.4) is 0 Å². The minimum atomic E-state index is -4.09. The van der Waals surface area contributed by atoms with Crippen molar-refractivity contribution >= 4 is 15.9 Å². The zero-order valence-corrected chi connectivity index (χ0v) is 21.2. The molecule has 36 heavy (non-hydrogen) atoms. The van der Waals surface area contributed by atoms with Gasteiger partial charge in [-0.05, 0) is 44.0 Å². The van der Waals surface area contributed by atoms with Crippen LogP contribution in [-0.4, -0.2) is 112 Å². The molecule has 0 saturated carbocycles. The molecule has 202 valence electrons. The number of benzene rings is 1. The molecule has 0 spiro atoms. The van der Waals surface area contributed by atoms with Crippen LogP contribution in [0.1, 0.15) is 25.7 Å². The fourth-order valence-corrected chi connectivity index (χ4v) is 6.72. The summed E-state index contributed by atoms with van der Waals surface area (Å²) in [6.45, 7) is 4.67. The van der Waals surface area contributed by atoms with Gasteiger partial charge in [-0.1, -0.05) is 6.07 Å². The van der Waals surface area contributed by atoms with Crippen molar-refractivity contribution in [1.82, 2.24) is 14.5 Å². The molecule has 1 amide bonds. The third-order valence-corrected chi connectivity index (χ3v) is 8.71. The van der Waals surface area contributed by atoms with Gasteiger partial charge in [-0.25, -0.2) is 12.8 Å². The molecule has 3 aliphatic rings. The fourth-order valence-electron chi connectivity index (χ4n) is 4.97. The number of nitrogens with zero attached hydrogens (tertiary/aromatic N) is 2. The summed E-state index contributed by atoms with van der Waals surface area (Å²) in [5.74, 6) is -0.758. The summed E-state index contributed by atoms with van der Waals surface area (Å²) in [6.07, 6.45) is -0.0377. The molecule has 0 bridgehead atoms. The maximum absolute atomic E-state index is 13.8. The van der Waals surface area contributed by atoms with Gasteiger partial charge < -0.3 is 24.6 Å². The molecule has 4 rings (SSSR count). The van der Waals surface area contributed by atoms with Gasteiger partial charge in [0.15, 0.2) is 0 Å². The third kappa shape index (κ3) is 7.21. The molecule has 3 aliphatic heterocycles. The summed E-state index contributed by atoms with van der Waals surface area (Å²) in [6, 6.07) is 4.24. The van der Waals surface area contributed by atoms with E-state index in [1.807, 2.05) is 0 Å². The summed E-state index contributed by atoms with van der Waals surface area (Å²) in [5.41, 5.74) is 0. The molecular formula is C24H36FN3O7S. The van der Waals surface area contributed by atoms with E-state index in [1.54, 1.807) is 0 Å². The van der Waals surface area contributed by atoms with E-state index in [2.05, 4.69) is 10.2 Å². The minimum Gasteiger partial charge on any atom is -0.389 e. The first-order valence-corrected chi connectivity index (χ1v) is 14.0. The molecule has 1 aromatic carbocycles. The molecule has 12 heteroatoms. The van der Waals surface area contributed by atoms with E-state index < -0.39 is 34.1 Å². The van der Waals surface area contributed by atoms with Crippen LogP contribution in [0.2, 0.25) is 0 Å². The second kappa shape index (κ2) is 12.7. The Morgan fingerprint density at radius 3 is 2.75 bits per heavy atom. The number of fused-ring (bicyclic) bond motifs is 1. The molecule has 0 aliphatic carbocycles. The van der Waals surface area contributed by atoms with E-state index in [1.165, 1.54) is 22.5 Å². The Morgan fingerprint density at radius 2 is 1.97 bits per heavy atom. The third-order valence-electron chi connectivity index (χ3n) is 6.83. The summed E-state index contributed by atoms with van der Waals surface area (Å²) in [4.78, 5) is 14.6. The highest BCUT2D eigenvalue weighted by Gasteiger charge is 2.43. The Labute approximate surface area is 211 Å². The Bertz CT molecular complexity index is 976. The highest BCUT2D eigenvalue weighted by atomic mass is 32.2. The average molecular weight is 530 g/mol. The summed E-state index contributed by atoms with van der Waals surface area (Å²) < 4.78 is 58.8. The van der Waals surface area contributed by atoms with Crippen LogP contribution < -0.4 is 5.32 Å². The summed E-state index contributed by atoms with van der Waals surface area (Å²) in [5, 5.41) is 13.2. The van der Waals surface area contributed by atoms with E-state index in [9.17, 15) is 22.7 Å². The SMILES string of the molecule is O=C(C[C@@H]1CC[C@H]2[C@@H](COC[C@@H](O)CN2S(=O)(=O)c2cccc(F)c2)O1)NCCCN1CCOCC1. The lowest BCUT2D eigenvalue weighted by Gasteiger charge is -2.43. The van der Waals surface area contributed by atoms with Crippen molar-refractivity contribution in [2.24, 2.45) is 0 Å². The van der Waals surface area contributed by atoms with Crippen molar-refractivity contribution in [2.45, 2.75) is 54.9 Å². The van der Waals surface area contributed by atoms with Gasteiger partial charge >= 0.3 is 0 Å². The molecule has 4 atom stereocenters. The number of hydrogen-bond acceptors (Lipinski definition) is 8. The monoisotopic (exact) mass is 529 g/mol. The van der Waals surface area contributed by atoms with Gasteiger partial charge in [0.25, 0.3) is 0 Å². The van der Waals surface area contributed by atoms with Crippen LogP contribution in [0, 0.1) is 5.82 Å². The van der Waals surface area contributed by atoms with Gasteiger partial charge in [-0.2, -0.15) is 4.31 Å². The molecule has 1 aromatic rings. The number of hydrogen-bond donors (Lipinski definition) is 2. The lowest BCUT2D eigenvalue weighted by molar-refractivity contribution is -0.146. The quantitative estimate of drug-likeness (QED) is 0.464. The lowest BCUT2D eigenvalue weighted by atomic mass is 9.96. The van der Waals surface area contributed by atoms with Gasteiger partial charge in [-0.15, -0.1) is 0 Å². The molecule has 3 heterocycles. The molecule has 2 N–H and O–H groups in total. The zero-order chi connectivity index (χ0) is 25.5. The normalized spacial score (nSPS) is 28.6. The first kappa shape index (κ1) is 27.4. The lowest BCUT2D eigenvalue weighted by Crippen LogP contribution is -2.57. The van der Waals surface area contributed by atoms with E-state index in [0.717, 1.165) is 45.3 Å². The number of aliphatic hydroxyl groups excluding tert-OH is 1. The van der Waals surface area contributed by atoms with Crippen LogP contribution in [-0.2, 0) is 29.0 Å². The molecule has 0 radical (unpaired) electrons. The highest BCUT2D eigenvalue weighted by molar-refractivity contribution is 7.89. The standard InChI is InChI=1S/C24H36FN3O7S/c25-18-3-1-4-21(13-18)36(31,32)28-15-19(29)16-34-17-23-22(28)6-5-20(35-23)14-24(30)26-7-2-8-27-9-11-33-12-10-27/h1,3-4,13,19-20,22-23,29H,2,5-12,14-17H2,(H,26,30)/t19-,20-,22-,23+/m0/s1. The number of sulfonamides is 1. The van der Waals surface area contributed by atoms with Gasteiger partial charge in [0.2, 0.25) is 15.9 Å². The number of morpholine rings is 1. The molecule has 3 saturated heterocycles. The van der Waals surface area contributed by atoms with Crippen molar-refractivity contribution < 1.29 is 36.9 Å². The number of amides is 1. The highest BCUT2D eigenvalue weighted by Crippen LogP contribution is 2.31. The number of rotatable bonds is 8. The van der Waals surface area contributed by atoms with Crippen LogP contribution in [0.4, 0.5) is 4.39 Å². The Balaban J connectivity index is 1.33. The Kier molecular flexibility index (Phi) is 9.67. The molecule has 3 fully saturated rings. The number of carbonyl (C=O) groups excluding carboxylic acids is 1. The number of carbonyl (C=O) groups is 1. The maximum Gasteiger partial charge on any atom is 0.243 e. The number of nitrogens with one attached hydrogen (secondary N) is 1. The van der Waals surface area contributed by atoms with Crippen LogP contribution in [0.25, 0.3) is 0 Å². The number of aliphatic hydroxyl groups is 1. The van der Waals surface area contributed by atoms with E-state index >= 15 is 0 Å². The second-order valence-corrected chi connectivity index (χ2v) is 11.4. The predicted octanol–water partition coefficient (Wildman–Crippen LogP) is 0.352. The topological polar surface area (TPSA) is 118 Å². The largest absolute Gasteiger partial charge is 0.389 e. The molecule has 0 aromatic heterocycles. The van der Waals surface area contributed by atoms with Crippen molar-refractivity contribution in [2.75, 3.05) is 59.2 Å². The first-order chi connectivity index (χ1) is 17.3. The van der Waals surface area contributed by atoms with Crippen molar-refractivity contribution in [1.29, 1.82) is 0 Å². The smallest absolute Gasteiger partial charge is 0.243 e. The summed E-state index contributed by atoms with van der Waals surface area (Å²) in [7, 11) is -4.09. The van der Waals surface area contributed by atoms with E-state index in [-0.39, 0.29) is 43.1 Å². The number of ether oxygens (including phenoxy) is 3. The van der Waals surface area contributed by atoms with Gasteiger partial charge in [-0.3, -0.25) is 9.69 Å². The van der Waals surface area contributed by atoms with Crippen LogP contribution >= 0.6 is 0 Å². The minimum absolute atomic E-state index is 0.0456. The Morgan fingerprint density at radius 1 is 1.17 bits per heavy atom. The van der Waals surface area contributed by atoms with Gasteiger partial charge in [0.1, 0.15) is 5.82 Å². The molecule has 0 unspecified atom stereocenters. The maximum atomic E-state index is 13.8. The summed E-state index contributed by atoms with van der Waals surface area (Å²) >= 11 is 0. The number of halogens is 1. The average Bonchev–Trinajstić information content (AvgIpc) is 2.85. The van der Waals surface area contributed by atoms with Crippen molar-refractivity contribution in [3.8, 4) is 0 Å². The van der Waals surface area contributed by atoms with Gasteiger partial charge in [0.05, 0.1) is 62.1 Å². The van der Waals surface area contributed by atoms with Crippen LogP contribution in [0.15, 0.2) is 29.2 Å². The fraction of sp³-hybridized carbons (Fsp3) is 0.708. The Hall–Kier alpha value is -1.67. The second-order valence-electron chi connectivity index (χ2n) is 9.53. The number of β-amino-alcohol motifs (C(OH)–C–C–N with tert-alkyl or cyclic N) is 1. The molecule has 10 nitrogen and oxygen atoms in total. The van der Waals surface area contributed by atoms with Crippen molar-refractivity contribution in [3.63, 3.8) is 0 Å². The van der Waals surface area contributed by atoms with Crippen LogP contribution in [0.5, 0.6) is 0 Å². The predicted molar refractivity (Wildman–Crippen MR) is 128 cm³/mol. The van der Waals surface area contributed by atoms with Gasteiger partial charge in [0, 0.05) is 26.2 Å². The van der Waals surface area contributed by atoms with E-state index in [0.29, 0.717) is 19.4 Å². The zero-order valence-electron chi connectivity index (χ0n) is 20.4. The van der Waals surface area contributed by atoms with E-state index in [4.69, 9.17) is 14.2 Å².